The number of fused-ring (bicyclic) bond motifs is 1. The summed E-state index contributed by atoms with van der Waals surface area (Å²) in [6, 6.07) is 16.7. The lowest BCUT2D eigenvalue weighted by Crippen LogP contribution is -2.29. The number of benzene rings is 2. The summed E-state index contributed by atoms with van der Waals surface area (Å²) in [6.07, 6.45) is 0.180. The normalized spacial score (nSPS) is 10.6. The molecular formula is C17H16N4O2. The molecule has 0 saturated heterocycles. The van der Waals surface area contributed by atoms with E-state index in [1.165, 1.54) is 4.68 Å². The number of carbonyl (C=O) groups excluding carboxylic acids is 1. The van der Waals surface area contributed by atoms with Crippen LogP contribution in [0.1, 0.15) is 12.0 Å². The summed E-state index contributed by atoms with van der Waals surface area (Å²) in [6.45, 7) is 0.676. The zero-order chi connectivity index (χ0) is 16.1. The maximum absolute atomic E-state index is 12.2. The predicted molar refractivity (Wildman–Crippen MR) is 86.7 cm³/mol. The zero-order valence-electron chi connectivity index (χ0n) is 12.5. The van der Waals surface area contributed by atoms with Crippen LogP contribution in [0.3, 0.4) is 0 Å². The minimum Gasteiger partial charge on any atom is -0.352 e. The minimum absolute atomic E-state index is 0.129. The quantitative estimate of drug-likeness (QED) is 0.775. The van der Waals surface area contributed by atoms with Crippen LogP contribution >= 0.6 is 0 Å². The highest BCUT2D eigenvalue weighted by atomic mass is 16.2. The number of nitrogens with one attached hydrogen (secondary N) is 1. The van der Waals surface area contributed by atoms with E-state index in [-0.39, 0.29) is 24.4 Å². The maximum Gasteiger partial charge on any atom is 0.277 e. The molecule has 0 unspecified atom stereocenters. The van der Waals surface area contributed by atoms with E-state index in [9.17, 15) is 9.59 Å². The van der Waals surface area contributed by atoms with Crippen LogP contribution in [0.15, 0.2) is 59.4 Å². The van der Waals surface area contributed by atoms with Gasteiger partial charge < -0.3 is 5.32 Å². The first-order valence-electron chi connectivity index (χ1n) is 7.37. The van der Waals surface area contributed by atoms with Gasteiger partial charge in [0.05, 0.1) is 11.9 Å². The van der Waals surface area contributed by atoms with E-state index in [1.54, 1.807) is 24.3 Å². The van der Waals surface area contributed by atoms with Gasteiger partial charge in [0.25, 0.3) is 5.56 Å². The Labute approximate surface area is 132 Å². The summed E-state index contributed by atoms with van der Waals surface area (Å²) in [7, 11) is 0. The molecule has 0 bridgehead atoms. The number of aryl methyl sites for hydroxylation is 1. The van der Waals surface area contributed by atoms with E-state index in [0.29, 0.717) is 17.4 Å². The highest BCUT2D eigenvalue weighted by Gasteiger charge is 2.07. The first-order valence-corrected chi connectivity index (χ1v) is 7.37. The van der Waals surface area contributed by atoms with Crippen LogP contribution in [-0.4, -0.2) is 20.9 Å². The predicted octanol–water partition coefficient (Wildman–Crippen LogP) is 1.50. The molecule has 116 valence electrons. The van der Waals surface area contributed by atoms with Crippen LogP contribution in [0.25, 0.3) is 10.9 Å². The number of aromatic nitrogens is 3. The molecule has 23 heavy (non-hydrogen) atoms. The van der Waals surface area contributed by atoms with Crippen molar-refractivity contribution >= 4 is 16.8 Å². The van der Waals surface area contributed by atoms with Gasteiger partial charge in [-0.25, -0.2) is 4.68 Å². The smallest absolute Gasteiger partial charge is 0.277 e. The summed E-state index contributed by atoms with van der Waals surface area (Å²) >= 11 is 0. The SMILES string of the molecule is O=C(CCn1nnc2ccccc2c1=O)NCc1ccccc1. The lowest BCUT2D eigenvalue weighted by atomic mass is 10.2. The Morgan fingerprint density at radius 3 is 2.61 bits per heavy atom. The van der Waals surface area contributed by atoms with Gasteiger partial charge >= 0.3 is 0 Å². The van der Waals surface area contributed by atoms with E-state index in [0.717, 1.165) is 5.56 Å². The van der Waals surface area contributed by atoms with Crippen molar-refractivity contribution in [1.29, 1.82) is 0 Å². The van der Waals surface area contributed by atoms with Crippen molar-refractivity contribution in [2.24, 2.45) is 0 Å². The van der Waals surface area contributed by atoms with E-state index >= 15 is 0 Å². The van der Waals surface area contributed by atoms with Crippen molar-refractivity contribution < 1.29 is 4.79 Å². The third-order valence-corrected chi connectivity index (χ3v) is 3.51. The van der Waals surface area contributed by atoms with Crippen LogP contribution in [-0.2, 0) is 17.9 Å². The third-order valence-electron chi connectivity index (χ3n) is 3.51. The Bertz CT molecular complexity index is 874. The highest BCUT2D eigenvalue weighted by molar-refractivity contribution is 5.77. The standard InChI is InChI=1S/C17H16N4O2/c22-16(18-12-13-6-2-1-3-7-13)10-11-21-17(23)14-8-4-5-9-15(14)19-20-21/h1-9H,10-12H2,(H,18,22). The van der Waals surface area contributed by atoms with Crippen LogP contribution in [0.2, 0.25) is 0 Å². The topological polar surface area (TPSA) is 76.9 Å². The van der Waals surface area contributed by atoms with E-state index in [1.807, 2.05) is 30.3 Å². The summed E-state index contributed by atoms with van der Waals surface area (Å²) in [4.78, 5) is 24.1. The molecule has 0 spiro atoms. The second-order valence-corrected chi connectivity index (χ2v) is 5.15. The van der Waals surface area contributed by atoms with Gasteiger partial charge in [-0.15, -0.1) is 5.10 Å². The van der Waals surface area contributed by atoms with Gasteiger partial charge in [-0.3, -0.25) is 9.59 Å². The van der Waals surface area contributed by atoms with Crippen molar-refractivity contribution in [3.8, 4) is 0 Å². The van der Waals surface area contributed by atoms with Gasteiger partial charge in [-0.05, 0) is 17.7 Å². The van der Waals surface area contributed by atoms with Crippen LogP contribution in [0.5, 0.6) is 0 Å². The number of nitrogens with zero attached hydrogens (tertiary/aromatic N) is 3. The minimum atomic E-state index is -0.230. The molecule has 0 aliphatic carbocycles. The summed E-state index contributed by atoms with van der Waals surface area (Å²) in [5.41, 5.74) is 1.36. The molecule has 6 nitrogen and oxygen atoms in total. The van der Waals surface area contributed by atoms with Crippen LogP contribution in [0, 0.1) is 0 Å². The Morgan fingerprint density at radius 1 is 1.04 bits per heavy atom. The molecule has 1 aromatic heterocycles. The van der Waals surface area contributed by atoms with Gasteiger partial charge in [0.2, 0.25) is 5.91 Å². The Hall–Kier alpha value is -3.02. The second kappa shape index (κ2) is 6.83. The lowest BCUT2D eigenvalue weighted by molar-refractivity contribution is -0.121. The molecule has 3 rings (SSSR count). The monoisotopic (exact) mass is 308 g/mol. The largest absolute Gasteiger partial charge is 0.352 e. The van der Waals surface area contributed by atoms with Crippen LogP contribution < -0.4 is 10.9 Å². The molecule has 0 saturated carbocycles. The fraction of sp³-hybridized carbons (Fsp3) is 0.176. The van der Waals surface area contributed by atoms with Crippen molar-refractivity contribution in [3.05, 3.63) is 70.5 Å². The zero-order valence-corrected chi connectivity index (χ0v) is 12.5. The molecule has 1 heterocycles. The maximum atomic E-state index is 12.2. The van der Waals surface area contributed by atoms with Crippen molar-refractivity contribution in [1.82, 2.24) is 20.3 Å². The number of amides is 1. The Balaban J connectivity index is 1.61. The highest BCUT2D eigenvalue weighted by Crippen LogP contribution is 2.03. The van der Waals surface area contributed by atoms with Crippen molar-refractivity contribution in [3.63, 3.8) is 0 Å². The third kappa shape index (κ3) is 3.60. The van der Waals surface area contributed by atoms with E-state index in [4.69, 9.17) is 0 Å². The summed E-state index contributed by atoms with van der Waals surface area (Å²) in [5.74, 6) is -0.129. The molecule has 0 aliphatic heterocycles. The van der Waals surface area contributed by atoms with Crippen molar-refractivity contribution in [2.75, 3.05) is 0 Å². The summed E-state index contributed by atoms with van der Waals surface area (Å²) < 4.78 is 1.23. The number of carbonyl (C=O) groups is 1. The molecule has 0 fully saturated rings. The molecular weight excluding hydrogens is 292 g/mol. The van der Waals surface area contributed by atoms with Gasteiger partial charge in [0, 0.05) is 13.0 Å². The number of rotatable bonds is 5. The van der Waals surface area contributed by atoms with Gasteiger partial charge in [-0.1, -0.05) is 47.7 Å². The Kier molecular flexibility index (Phi) is 4.42. The molecule has 3 aromatic rings. The average molecular weight is 308 g/mol. The molecule has 1 amide bonds. The fourth-order valence-corrected chi connectivity index (χ4v) is 2.26. The average Bonchev–Trinajstić information content (AvgIpc) is 2.60. The second-order valence-electron chi connectivity index (χ2n) is 5.15. The summed E-state index contributed by atoms with van der Waals surface area (Å²) in [5, 5.41) is 11.2. The number of hydrogen-bond acceptors (Lipinski definition) is 4. The van der Waals surface area contributed by atoms with Gasteiger partial charge in [0.1, 0.15) is 5.52 Å². The molecule has 2 aromatic carbocycles. The first kappa shape index (κ1) is 14.9. The first-order chi connectivity index (χ1) is 11.2. The number of hydrogen-bond donors (Lipinski definition) is 1. The van der Waals surface area contributed by atoms with Crippen molar-refractivity contribution in [2.45, 2.75) is 19.5 Å². The molecule has 0 aliphatic rings. The van der Waals surface area contributed by atoms with E-state index < -0.39 is 0 Å². The Morgan fingerprint density at radius 2 is 1.78 bits per heavy atom. The molecule has 6 heteroatoms. The van der Waals surface area contributed by atoms with Gasteiger partial charge in [-0.2, -0.15) is 0 Å². The van der Waals surface area contributed by atoms with E-state index in [2.05, 4.69) is 15.6 Å². The molecule has 1 N–H and O–H groups in total. The molecule has 0 atom stereocenters. The van der Waals surface area contributed by atoms with Gasteiger partial charge in [0.15, 0.2) is 0 Å². The lowest BCUT2D eigenvalue weighted by Gasteiger charge is -2.06. The van der Waals surface area contributed by atoms with Crippen LogP contribution in [0.4, 0.5) is 0 Å². The fourth-order valence-electron chi connectivity index (χ4n) is 2.26. The molecule has 0 radical (unpaired) electrons.